The van der Waals surface area contributed by atoms with Gasteiger partial charge in [0.25, 0.3) is 0 Å². The molecule has 2 fully saturated rings. The van der Waals surface area contributed by atoms with E-state index in [1.807, 2.05) is 31.1 Å². The van der Waals surface area contributed by atoms with Crippen molar-refractivity contribution >= 4 is 27.9 Å². The van der Waals surface area contributed by atoms with Crippen LogP contribution in [0.3, 0.4) is 0 Å². The highest BCUT2D eigenvalue weighted by molar-refractivity contribution is 9.08. The summed E-state index contributed by atoms with van der Waals surface area (Å²) in [5.74, 6) is 0.866. The van der Waals surface area contributed by atoms with Crippen LogP contribution in [-0.4, -0.2) is 67.3 Å². The van der Waals surface area contributed by atoms with Gasteiger partial charge in [0, 0.05) is 12.3 Å². The van der Waals surface area contributed by atoms with Gasteiger partial charge in [-0.3, -0.25) is 0 Å². The minimum absolute atomic E-state index is 0.121. The summed E-state index contributed by atoms with van der Waals surface area (Å²) >= 11 is 2.94. The zero-order chi connectivity index (χ0) is 21.5. The lowest BCUT2D eigenvalue weighted by Gasteiger charge is -2.33. The molecule has 3 atom stereocenters. The Morgan fingerprint density at radius 1 is 1.17 bits per heavy atom. The minimum atomic E-state index is -1.61. The number of halogens is 1. The number of rotatable bonds is 6. The van der Waals surface area contributed by atoms with Gasteiger partial charge in [-0.2, -0.15) is 0 Å². The second kappa shape index (κ2) is 10.5. The standard InChI is InChI=1S/C21H30NO5.CH3Br/c1-22(15-19(23)26-2)13-12-18(14-22)27-20(24)21(25,17-10-6-7-11-17)16-8-4-3-5-9-16;1-2/h3-5,8-9,17-18,25H,6-7,10-15H2,1-2H3;1H3/q+1;. The molecule has 1 aliphatic carbocycles. The summed E-state index contributed by atoms with van der Waals surface area (Å²) in [7, 11) is 3.34. The number of hydrogen-bond acceptors (Lipinski definition) is 5. The molecule has 29 heavy (non-hydrogen) atoms. The lowest BCUT2D eigenvalue weighted by atomic mass is 9.80. The molecule has 162 valence electrons. The van der Waals surface area contributed by atoms with E-state index in [0.717, 1.165) is 32.2 Å². The van der Waals surface area contributed by atoms with E-state index >= 15 is 0 Å². The number of aliphatic hydroxyl groups is 1. The Labute approximate surface area is 181 Å². The van der Waals surface area contributed by atoms with Crippen molar-refractivity contribution in [2.75, 3.05) is 39.6 Å². The normalized spacial score (nSPS) is 26.2. The predicted molar refractivity (Wildman–Crippen MR) is 114 cm³/mol. The molecule has 3 rings (SSSR count). The van der Waals surface area contributed by atoms with Crippen LogP contribution in [0.1, 0.15) is 37.7 Å². The van der Waals surface area contributed by atoms with Crippen molar-refractivity contribution in [3.63, 3.8) is 0 Å². The van der Waals surface area contributed by atoms with Gasteiger partial charge in [0.2, 0.25) is 0 Å². The number of carbonyl (C=O) groups is 2. The Morgan fingerprint density at radius 2 is 1.79 bits per heavy atom. The summed E-state index contributed by atoms with van der Waals surface area (Å²) in [6.07, 6.45) is 4.05. The average molecular weight is 471 g/mol. The van der Waals surface area contributed by atoms with Gasteiger partial charge < -0.3 is 19.1 Å². The topological polar surface area (TPSA) is 72.8 Å². The molecule has 1 heterocycles. The first-order valence-electron chi connectivity index (χ1n) is 10.1. The first-order valence-corrected chi connectivity index (χ1v) is 11.7. The van der Waals surface area contributed by atoms with Crippen LogP contribution in [0.5, 0.6) is 0 Å². The monoisotopic (exact) mass is 470 g/mol. The summed E-state index contributed by atoms with van der Waals surface area (Å²) in [5.41, 5.74) is -1.00. The Hall–Kier alpha value is -1.44. The number of benzene rings is 1. The molecule has 1 aromatic carbocycles. The quantitative estimate of drug-likeness (QED) is 0.393. The fourth-order valence-electron chi connectivity index (χ4n) is 4.54. The number of nitrogens with zero attached hydrogens (tertiary/aromatic N) is 1. The second-order valence-electron chi connectivity index (χ2n) is 8.19. The number of hydrogen-bond donors (Lipinski definition) is 1. The number of alkyl halides is 1. The minimum Gasteiger partial charge on any atom is -0.465 e. The van der Waals surface area contributed by atoms with E-state index in [1.54, 1.807) is 12.1 Å². The van der Waals surface area contributed by atoms with Gasteiger partial charge in [-0.15, -0.1) is 0 Å². The highest BCUT2D eigenvalue weighted by Crippen LogP contribution is 2.42. The number of ether oxygens (including phenoxy) is 2. The first-order chi connectivity index (χ1) is 13.9. The molecular formula is C22H33BrNO5+. The van der Waals surface area contributed by atoms with E-state index in [-0.39, 0.29) is 24.5 Å². The smallest absolute Gasteiger partial charge is 0.361 e. The van der Waals surface area contributed by atoms with Crippen molar-refractivity contribution in [2.45, 2.75) is 43.8 Å². The van der Waals surface area contributed by atoms with Crippen molar-refractivity contribution in [2.24, 2.45) is 5.92 Å². The maximum absolute atomic E-state index is 13.1. The molecule has 6 nitrogen and oxygen atoms in total. The number of likely N-dealkylation sites (tertiary alicyclic amines) is 1. The van der Waals surface area contributed by atoms with Crippen molar-refractivity contribution in [3.05, 3.63) is 35.9 Å². The number of likely N-dealkylation sites (N-methyl/N-ethyl adjacent to an activating group) is 1. The van der Waals surface area contributed by atoms with Crippen LogP contribution in [0.15, 0.2) is 30.3 Å². The third-order valence-corrected chi connectivity index (χ3v) is 6.12. The largest absolute Gasteiger partial charge is 0.465 e. The second-order valence-corrected chi connectivity index (χ2v) is 8.19. The lowest BCUT2D eigenvalue weighted by molar-refractivity contribution is -0.891. The molecule has 2 aliphatic rings. The fourth-order valence-corrected chi connectivity index (χ4v) is 4.54. The van der Waals surface area contributed by atoms with Crippen molar-refractivity contribution in [1.29, 1.82) is 0 Å². The van der Waals surface area contributed by atoms with Crippen molar-refractivity contribution in [1.82, 2.24) is 0 Å². The molecule has 3 unspecified atom stereocenters. The number of carbonyl (C=O) groups excluding carboxylic acids is 2. The van der Waals surface area contributed by atoms with Gasteiger partial charge in [0.05, 0.1) is 20.7 Å². The summed E-state index contributed by atoms with van der Waals surface area (Å²) in [6.45, 7) is 1.55. The zero-order valence-electron chi connectivity index (χ0n) is 17.6. The number of quaternary nitrogens is 1. The Balaban J connectivity index is 0.00000145. The third-order valence-electron chi connectivity index (χ3n) is 6.12. The summed E-state index contributed by atoms with van der Waals surface area (Å²) in [4.78, 5) is 24.8. The van der Waals surface area contributed by atoms with Gasteiger partial charge in [-0.25, -0.2) is 9.59 Å². The predicted octanol–water partition coefficient (Wildman–Crippen LogP) is 3.01. The van der Waals surface area contributed by atoms with Gasteiger partial charge in [-0.05, 0) is 24.2 Å². The molecular weight excluding hydrogens is 438 g/mol. The maximum atomic E-state index is 13.1. The molecule has 1 saturated heterocycles. The van der Waals surface area contributed by atoms with Crippen molar-refractivity contribution < 1.29 is 28.7 Å². The van der Waals surface area contributed by atoms with Crippen LogP contribution in [0.4, 0.5) is 0 Å². The van der Waals surface area contributed by atoms with Gasteiger partial charge in [-0.1, -0.05) is 59.1 Å². The van der Waals surface area contributed by atoms with Crippen LogP contribution in [0.25, 0.3) is 0 Å². The first kappa shape index (κ1) is 23.8. The molecule has 0 bridgehead atoms. The van der Waals surface area contributed by atoms with E-state index in [4.69, 9.17) is 9.47 Å². The van der Waals surface area contributed by atoms with E-state index in [1.165, 1.54) is 7.11 Å². The molecule has 1 aliphatic heterocycles. The van der Waals surface area contributed by atoms with E-state index in [0.29, 0.717) is 23.0 Å². The van der Waals surface area contributed by atoms with Gasteiger partial charge in [0.1, 0.15) is 6.54 Å². The Kier molecular flexibility index (Phi) is 8.67. The van der Waals surface area contributed by atoms with Crippen LogP contribution in [0.2, 0.25) is 0 Å². The summed E-state index contributed by atoms with van der Waals surface area (Å²) in [6, 6.07) is 9.14. The van der Waals surface area contributed by atoms with Crippen LogP contribution >= 0.6 is 15.9 Å². The van der Waals surface area contributed by atoms with E-state index in [2.05, 4.69) is 15.9 Å². The van der Waals surface area contributed by atoms with E-state index < -0.39 is 11.6 Å². The fraction of sp³-hybridized carbons (Fsp3) is 0.636. The molecule has 0 radical (unpaired) electrons. The Morgan fingerprint density at radius 3 is 2.38 bits per heavy atom. The molecule has 1 saturated carbocycles. The third kappa shape index (κ3) is 5.58. The van der Waals surface area contributed by atoms with Gasteiger partial charge in [0.15, 0.2) is 18.2 Å². The molecule has 1 aromatic rings. The molecule has 0 aromatic heterocycles. The highest BCUT2D eigenvalue weighted by Gasteiger charge is 2.50. The SMILES string of the molecule is CBr.COC(=O)C[N+]1(C)CCC(OC(=O)C(O)(c2ccccc2)C2CCCC2)C1. The van der Waals surface area contributed by atoms with Gasteiger partial charge >= 0.3 is 11.9 Å². The summed E-state index contributed by atoms with van der Waals surface area (Å²) < 4.78 is 11.1. The molecule has 0 amide bonds. The maximum Gasteiger partial charge on any atom is 0.361 e. The average Bonchev–Trinajstić information content (AvgIpc) is 3.40. The van der Waals surface area contributed by atoms with Crippen molar-refractivity contribution in [3.8, 4) is 0 Å². The zero-order valence-corrected chi connectivity index (χ0v) is 19.2. The Bertz CT molecular complexity index is 679. The molecule has 1 N–H and O–H groups in total. The molecule has 7 heteroatoms. The van der Waals surface area contributed by atoms with Crippen LogP contribution in [0, 0.1) is 5.92 Å². The van der Waals surface area contributed by atoms with Crippen LogP contribution < -0.4 is 0 Å². The molecule has 0 spiro atoms. The number of methoxy groups -OCH3 is 1. The lowest BCUT2D eigenvalue weighted by Crippen LogP contribution is -2.48. The van der Waals surface area contributed by atoms with Crippen LogP contribution in [-0.2, 0) is 24.7 Å². The highest BCUT2D eigenvalue weighted by atomic mass is 79.9. The number of esters is 2. The summed E-state index contributed by atoms with van der Waals surface area (Å²) in [5, 5.41) is 11.5. The van der Waals surface area contributed by atoms with E-state index in [9.17, 15) is 14.7 Å².